The molecule has 0 fully saturated rings. The van der Waals surface area contributed by atoms with Gasteiger partial charge in [0.05, 0.1) is 6.61 Å². The Balaban J connectivity index is 2.38. The fourth-order valence-corrected chi connectivity index (χ4v) is 2.04. The number of ether oxygens (including phenoxy) is 2. The van der Waals surface area contributed by atoms with Crippen LogP contribution in [0.5, 0.6) is 5.75 Å². The maximum Gasteiger partial charge on any atom is 0.248 e. The molecule has 0 aliphatic carbocycles. The molecule has 1 amide bonds. The maximum atomic E-state index is 11.1. The van der Waals surface area contributed by atoms with Crippen LogP contribution in [0.4, 0.5) is 0 Å². The lowest BCUT2D eigenvalue weighted by atomic mass is 9.95. The molecule has 2 atom stereocenters. The van der Waals surface area contributed by atoms with Gasteiger partial charge in [-0.1, -0.05) is 0 Å². The minimum atomic E-state index is -0.418. The minimum absolute atomic E-state index is 0.0677. The third-order valence-electron chi connectivity index (χ3n) is 2.92. The molecular formula is C12H15NO3. The number of benzene rings is 1. The van der Waals surface area contributed by atoms with Crippen LogP contribution in [0.1, 0.15) is 28.8 Å². The van der Waals surface area contributed by atoms with Crippen LogP contribution < -0.4 is 10.5 Å². The molecule has 4 nitrogen and oxygen atoms in total. The van der Waals surface area contributed by atoms with Gasteiger partial charge < -0.3 is 15.2 Å². The Labute approximate surface area is 94.3 Å². The number of amides is 1. The van der Waals surface area contributed by atoms with E-state index in [2.05, 4.69) is 0 Å². The Morgan fingerprint density at radius 2 is 2.31 bits per heavy atom. The molecule has 0 bridgehead atoms. The Morgan fingerprint density at radius 3 is 2.94 bits per heavy atom. The van der Waals surface area contributed by atoms with Crippen LogP contribution in [0.2, 0.25) is 0 Å². The van der Waals surface area contributed by atoms with Gasteiger partial charge in [0, 0.05) is 24.2 Å². The van der Waals surface area contributed by atoms with E-state index >= 15 is 0 Å². The third kappa shape index (κ3) is 1.76. The largest absolute Gasteiger partial charge is 0.490 e. The van der Waals surface area contributed by atoms with Gasteiger partial charge in [-0.15, -0.1) is 0 Å². The van der Waals surface area contributed by atoms with Gasteiger partial charge in [0.2, 0.25) is 5.91 Å². The van der Waals surface area contributed by atoms with Crippen LogP contribution in [0.3, 0.4) is 0 Å². The normalized spacial score (nSPS) is 22.6. The summed E-state index contributed by atoms with van der Waals surface area (Å²) in [7, 11) is 1.66. The van der Waals surface area contributed by atoms with Gasteiger partial charge in [-0.3, -0.25) is 4.79 Å². The predicted molar refractivity (Wildman–Crippen MR) is 59.7 cm³/mol. The summed E-state index contributed by atoms with van der Waals surface area (Å²) >= 11 is 0. The second-order valence-corrected chi connectivity index (χ2v) is 4.00. The van der Waals surface area contributed by atoms with Gasteiger partial charge in [-0.25, -0.2) is 0 Å². The molecule has 0 aromatic heterocycles. The summed E-state index contributed by atoms with van der Waals surface area (Å²) < 4.78 is 10.8. The van der Waals surface area contributed by atoms with Crippen LogP contribution >= 0.6 is 0 Å². The molecule has 0 spiro atoms. The summed E-state index contributed by atoms with van der Waals surface area (Å²) in [5.74, 6) is 0.567. The SMILES string of the molecule is COCC1c2cc(C(N)=O)ccc2OC1C. The fourth-order valence-electron chi connectivity index (χ4n) is 2.04. The van der Waals surface area contributed by atoms with Gasteiger partial charge in [0.1, 0.15) is 11.9 Å². The van der Waals surface area contributed by atoms with Crippen molar-refractivity contribution in [3.63, 3.8) is 0 Å². The number of carbonyl (C=O) groups excluding carboxylic acids is 1. The second kappa shape index (κ2) is 4.14. The third-order valence-corrected chi connectivity index (χ3v) is 2.92. The van der Waals surface area contributed by atoms with Crippen molar-refractivity contribution in [3.8, 4) is 5.75 Å². The highest BCUT2D eigenvalue weighted by Crippen LogP contribution is 2.38. The molecule has 16 heavy (non-hydrogen) atoms. The highest BCUT2D eigenvalue weighted by molar-refractivity contribution is 5.93. The number of hydrogen-bond acceptors (Lipinski definition) is 3. The average molecular weight is 221 g/mol. The highest BCUT2D eigenvalue weighted by Gasteiger charge is 2.31. The quantitative estimate of drug-likeness (QED) is 0.836. The first-order chi connectivity index (χ1) is 7.63. The van der Waals surface area contributed by atoms with Gasteiger partial charge in [0.15, 0.2) is 0 Å². The lowest BCUT2D eigenvalue weighted by Gasteiger charge is -2.13. The van der Waals surface area contributed by atoms with E-state index in [-0.39, 0.29) is 12.0 Å². The lowest BCUT2D eigenvalue weighted by Crippen LogP contribution is -2.18. The zero-order chi connectivity index (χ0) is 11.7. The number of primary amides is 1. The molecule has 2 N–H and O–H groups in total. The molecule has 2 unspecified atom stereocenters. The first-order valence-electron chi connectivity index (χ1n) is 5.23. The number of rotatable bonds is 3. The summed E-state index contributed by atoms with van der Waals surface area (Å²) in [6.45, 7) is 2.57. The van der Waals surface area contributed by atoms with Crippen molar-refractivity contribution in [3.05, 3.63) is 29.3 Å². The molecule has 1 aliphatic heterocycles. The molecule has 1 aliphatic rings. The number of nitrogens with two attached hydrogens (primary N) is 1. The molecule has 0 radical (unpaired) electrons. The Hall–Kier alpha value is -1.55. The van der Waals surface area contributed by atoms with Gasteiger partial charge in [-0.05, 0) is 25.1 Å². The summed E-state index contributed by atoms with van der Waals surface area (Å²) in [5, 5.41) is 0. The Kier molecular flexibility index (Phi) is 2.83. The van der Waals surface area contributed by atoms with E-state index < -0.39 is 5.91 Å². The smallest absolute Gasteiger partial charge is 0.248 e. The number of methoxy groups -OCH3 is 1. The average Bonchev–Trinajstić information content (AvgIpc) is 2.55. The first kappa shape index (κ1) is 11.0. The van der Waals surface area contributed by atoms with Crippen molar-refractivity contribution in [1.82, 2.24) is 0 Å². The van der Waals surface area contributed by atoms with Crippen LogP contribution in [-0.2, 0) is 4.74 Å². The molecule has 0 saturated carbocycles. The molecule has 1 aromatic rings. The van der Waals surface area contributed by atoms with E-state index in [9.17, 15) is 4.79 Å². The van der Waals surface area contributed by atoms with Gasteiger partial charge in [-0.2, -0.15) is 0 Å². The van der Waals surface area contributed by atoms with E-state index in [4.69, 9.17) is 15.2 Å². The van der Waals surface area contributed by atoms with Crippen molar-refractivity contribution in [2.45, 2.75) is 18.9 Å². The second-order valence-electron chi connectivity index (χ2n) is 4.00. The van der Waals surface area contributed by atoms with Crippen molar-refractivity contribution >= 4 is 5.91 Å². The summed E-state index contributed by atoms with van der Waals surface area (Å²) in [4.78, 5) is 11.1. The van der Waals surface area contributed by atoms with Crippen LogP contribution in [0, 0.1) is 0 Å². The van der Waals surface area contributed by atoms with Crippen molar-refractivity contribution < 1.29 is 14.3 Å². The zero-order valence-corrected chi connectivity index (χ0v) is 9.40. The summed E-state index contributed by atoms with van der Waals surface area (Å²) in [5.41, 5.74) is 6.77. The van der Waals surface area contributed by atoms with E-state index in [1.165, 1.54) is 0 Å². The fraction of sp³-hybridized carbons (Fsp3) is 0.417. The van der Waals surface area contributed by atoms with Crippen LogP contribution in [0.15, 0.2) is 18.2 Å². The van der Waals surface area contributed by atoms with Crippen LogP contribution in [-0.4, -0.2) is 25.7 Å². The molecular weight excluding hydrogens is 206 g/mol. The zero-order valence-electron chi connectivity index (χ0n) is 9.40. The predicted octanol–water partition coefficient (Wildman–Crippen LogP) is 1.30. The molecule has 1 heterocycles. The molecule has 0 saturated heterocycles. The van der Waals surface area contributed by atoms with Crippen LogP contribution in [0.25, 0.3) is 0 Å². The van der Waals surface area contributed by atoms with Crippen molar-refractivity contribution in [1.29, 1.82) is 0 Å². The topological polar surface area (TPSA) is 61.5 Å². The lowest BCUT2D eigenvalue weighted by molar-refractivity contribution is 0.1000. The number of carbonyl (C=O) groups is 1. The minimum Gasteiger partial charge on any atom is -0.490 e. The first-order valence-corrected chi connectivity index (χ1v) is 5.23. The monoisotopic (exact) mass is 221 g/mol. The van der Waals surface area contributed by atoms with E-state index in [0.717, 1.165) is 11.3 Å². The van der Waals surface area contributed by atoms with Crippen molar-refractivity contribution in [2.75, 3.05) is 13.7 Å². The van der Waals surface area contributed by atoms with Crippen molar-refractivity contribution in [2.24, 2.45) is 5.73 Å². The van der Waals surface area contributed by atoms with E-state index in [1.807, 2.05) is 6.92 Å². The molecule has 4 heteroatoms. The molecule has 1 aromatic carbocycles. The van der Waals surface area contributed by atoms with E-state index in [1.54, 1.807) is 25.3 Å². The number of fused-ring (bicyclic) bond motifs is 1. The molecule has 2 rings (SSSR count). The number of hydrogen-bond donors (Lipinski definition) is 1. The highest BCUT2D eigenvalue weighted by atomic mass is 16.5. The summed E-state index contributed by atoms with van der Waals surface area (Å²) in [6.07, 6.45) is 0.0677. The molecule has 86 valence electrons. The standard InChI is InChI=1S/C12H15NO3/c1-7-10(6-15-2)9-5-8(12(13)14)3-4-11(9)16-7/h3-5,7,10H,6H2,1-2H3,(H2,13,14). The Morgan fingerprint density at radius 1 is 1.56 bits per heavy atom. The van der Waals surface area contributed by atoms with Gasteiger partial charge >= 0.3 is 0 Å². The van der Waals surface area contributed by atoms with E-state index in [0.29, 0.717) is 12.2 Å². The summed E-state index contributed by atoms with van der Waals surface area (Å²) in [6, 6.07) is 5.27. The Bertz CT molecular complexity index is 417. The van der Waals surface area contributed by atoms with Gasteiger partial charge in [0.25, 0.3) is 0 Å². The maximum absolute atomic E-state index is 11.1.